The molecule has 7 heteroatoms. The second kappa shape index (κ2) is 9.71. The zero-order valence-electron chi connectivity index (χ0n) is 16.2. The van der Waals surface area contributed by atoms with Gasteiger partial charge in [0.2, 0.25) is 11.0 Å². The van der Waals surface area contributed by atoms with Gasteiger partial charge in [0, 0.05) is 11.4 Å². The van der Waals surface area contributed by atoms with Gasteiger partial charge in [-0.15, -0.1) is 10.2 Å². The number of thioether (sulfide) groups is 1. The number of carbonyl (C=O) groups excluding carboxylic acids is 1. The lowest BCUT2D eigenvalue weighted by Gasteiger charge is -2.15. The first-order valence-electron chi connectivity index (χ1n) is 9.24. The van der Waals surface area contributed by atoms with E-state index in [0.717, 1.165) is 32.8 Å². The summed E-state index contributed by atoms with van der Waals surface area (Å²) in [6.07, 6.45) is 1.03. The van der Waals surface area contributed by atoms with E-state index in [1.165, 1.54) is 28.7 Å². The lowest BCUT2D eigenvalue weighted by molar-refractivity contribution is -0.113. The Hall–Kier alpha value is -2.38. The number of nitrogens with one attached hydrogen (secondary N) is 2. The molecule has 3 rings (SSSR count). The van der Waals surface area contributed by atoms with Crippen molar-refractivity contribution in [1.29, 1.82) is 0 Å². The molecule has 1 aromatic heterocycles. The highest BCUT2D eigenvalue weighted by Crippen LogP contribution is 2.30. The first-order valence-corrected chi connectivity index (χ1v) is 11.0. The molecule has 0 aliphatic rings. The van der Waals surface area contributed by atoms with Crippen molar-refractivity contribution in [3.8, 4) is 0 Å². The van der Waals surface area contributed by atoms with E-state index in [2.05, 4.69) is 40.7 Å². The van der Waals surface area contributed by atoms with Crippen LogP contribution < -0.4 is 10.6 Å². The summed E-state index contributed by atoms with van der Waals surface area (Å²) in [5, 5.41) is 15.4. The number of hydrogen-bond donors (Lipinski definition) is 2. The molecule has 0 saturated carbocycles. The summed E-state index contributed by atoms with van der Waals surface area (Å²) in [6.45, 7) is 6.36. The van der Waals surface area contributed by atoms with Crippen LogP contribution in [0.15, 0.2) is 52.9 Å². The molecule has 0 spiro atoms. The number of amides is 1. The third-order valence-electron chi connectivity index (χ3n) is 4.50. The van der Waals surface area contributed by atoms with Gasteiger partial charge in [0.05, 0.1) is 5.75 Å². The molecule has 0 aliphatic carbocycles. The van der Waals surface area contributed by atoms with Gasteiger partial charge in [-0.3, -0.25) is 4.79 Å². The van der Waals surface area contributed by atoms with Gasteiger partial charge in [-0.05, 0) is 42.5 Å². The minimum absolute atomic E-state index is 0.0376. The first-order chi connectivity index (χ1) is 13.6. The Morgan fingerprint density at radius 3 is 2.57 bits per heavy atom. The molecule has 1 atom stereocenters. The van der Waals surface area contributed by atoms with Gasteiger partial charge in [-0.2, -0.15) is 0 Å². The smallest absolute Gasteiger partial charge is 0.234 e. The summed E-state index contributed by atoms with van der Waals surface area (Å²) < 4.78 is 0.765. The fraction of sp³-hybridized carbons (Fsp3) is 0.286. The van der Waals surface area contributed by atoms with E-state index < -0.39 is 0 Å². The van der Waals surface area contributed by atoms with Crippen LogP contribution in [0.2, 0.25) is 0 Å². The Bertz CT molecular complexity index is 941. The SMILES string of the molecule is CC[C@@H](C)c1ccccc1NC(=O)CSc1nnc(Nc2ccccc2C)s1. The maximum absolute atomic E-state index is 12.4. The molecule has 146 valence electrons. The van der Waals surface area contributed by atoms with Crippen LogP contribution in [0, 0.1) is 6.92 Å². The Balaban J connectivity index is 1.56. The van der Waals surface area contributed by atoms with Gasteiger partial charge in [0.1, 0.15) is 0 Å². The molecule has 2 aromatic carbocycles. The molecule has 28 heavy (non-hydrogen) atoms. The highest BCUT2D eigenvalue weighted by atomic mass is 32.2. The van der Waals surface area contributed by atoms with Crippen molar-refractivity contribution < 1.29 is 4.79 Å². The monoisotopic (exact) mass is 412 g/mol. The van der Waals surface area contributed by atoms with Crippen molar-refractivity contribution in [3.63, 3.8) is 0 Å². The molecular formula is C21H24N4OS2. The number of benzene rings is 2. The fourth-order valence-electron chi connectivity index (χ4n) is 2.72. The second-order valence-electron chi connectivity index (χ2n) is 6.55. The average molecular weight is 413 g/mol. The van der Waals surface area contributed by atoms with Crippen LogP contribution >= 0.6 is 23.1 Å². The number of para-hydroxylation sites is 2. The molecule has 1 heterocycles. The van der Waals surface area contributed by atoms with Crippen molar-refractivity contribution >= 4 is 45.5 Å². The number of nitrogens with zero attached hydrogens (tertiary/aromatic N) is 2. The number of aryl methyl sites for hydroxylation is 1. The van der Waals surface area contributed by atoms with Crippen LogP contribution in [0.4, 0.5) is 16.5 Å². The van der Waals surface area contributed by atoms with Crippen LogP contribution in [-0.2, 0) is 4.79 Å². The maximum Gasteiger partial charge on any atom is 0.234 e. The zero-order chi connectivity index (χ0) is 19.9. The Labute approximate surface area is 174 Å². The van der Waals surface area contributed by atoms with E-state index in [1.807, 2.05) is 49.4 Å². The van der Waals surface area contributed by atoms with E-state index in [0.29, 0.717) is 11.7 Å². The molecule has 0 fully saturated rings. The largest absolute Gasteiger partial charge is 0.330 e. The van der Waals surface area contributed by atoms with Gasteiger partial charge in [0.15, 0.2) is 4.34 Å². The van der Waals surface area contributed by atoms with Gasteiger partial charge in [-0.1, -0.05) is 73.3 Å². The quantitative estimate of drug-likeness (QED) is 0.455. The van der Waals surface area contributed by atoms with E-state index in [1.54, 1.807) is 0 Å². The standard InChI is InChI=1S/C21H24N4OS2/c1-4-14(2)16-10-6-8-12-18(16)22-19(26)13-27-21-25-24-20(28-21)23-17-11-7-5-9-15(17)3/h5-12,14H,4,13H2,1-3H3,(H,22,26)(H,23,24)/t14-/m1/s1. The van der Waals surface area contributed by atoms with Crippen molar-refractivity contribution in [1.82, 2.24) is 10.2 Å². The molecule has 2 N–H and O–H groups in total. The lowest BCUT2D eigenvalue weighted by Crippen LogP contribution is -2.15. The number of carbonyl (C=O) groups is 1. The van der Waals surface area contributed by atoms with Crippen LogP contribution in [-0.4, -0.2) is 21.9 Å². The Morgan fingerprint density at radius 1 is 1.11 bits per heavy atom. The van der Waals surface area contributed by atoms with Crippen molar-refractivity contribution in [3.05, 3.63) is 59.7 Å². The number of aromatic nitrogens is 2. The average Bonchev–Trinajstić information content (AvgIpc) is 3.15. The molecule has 0 unspecified atom stereocenters. The summed E-state index contributed by atoms with van der Waals surface area (Å²) in [7, 11) is 0. The molecule has 3 aromatic rings. The van der Waals surface area contributed by atoms with Gasteiger partial charge in [0.25, 0.3) is 0 Å². The second-order valence-corrected chi connectivity index (χ2v) is 8.75. The van der Waals surface area contributed by atoms with E-state index in [4.69, 9.17) is 0 Å². The maximum atomic E-state index is 12.4. The molecule has 0 bridgehead atoms. The zero-order valence-corrected chi connectivity index (χ0v) is 17.9. The van der Waals surface area contributed by atoms with Crippen LogP contribution in [0.5, 0.6) is 0 Å². The third kappa shape index (κ3) is 5.33. The highest BCUT2D eigenvalue weighted by Gasteiger charge is 2.13. The van der Waals surface area contributed by atoms with E-state index in [-0.39, 0.29) is 5.91 Å². The molecule has 0 aliphatic heterocycles. The predicted octanol–water partition coefficient (Wildman–Crippen LogP) is 5.83. The third-order valence-corrected chi connectivity index (χ3v) is 6.47. The first kappa shape index (κ1) is 20.4. The Morgan fingerprint density at radius 2 is 1.82 bits per heavy atom. The predicted molar refractivity (Wildman–Crippen MR) is 119 cm³/mol. The summed E-state index contributed by atoms with van der Waals surface area (Å²) in [5.41, 5.74) is 4.21. The summed E-state index contributed by atoms with van der Waals surface area (Å²) in [5.74, 6) is 0.667. The Kier molecular flexibility index (Phi) is 7.06. The molecule has 0 radical (unpaired) electrons. The van der Waals surface area contributed by atoms with Crippen molar-refractivity contribution in [2.45, 2.75) is 37.4 Å². The molecular weight excluding hydrogens is 388 g/mol. The van der Waals surface area contributed by atoms with E-state index in [9.17, 15) is 4.79 Å². The molecule has 0 saturated heterocycles. The van der Waals surface area contributed by atoms with Crippen LogP contribution in [0.1, 0.15) is 37.3 Å². The number of anilines is 3. The molecule has 1 amide bonds. The van der Waals surface area contributed by atoms with Gasteiger partial charge in [-0.25, -0.2) is 0 Å². The lowest BCUT2D eigenvalue weighted by atomic mass is 9.97. The van der Waals surface area contributed by atoms with Crippen LogP contribution in [0.25, 0.3) is 0 Å². The van der Waals surface area contributed by atoms with Crippen molar-refractivity contribution in [2.75, 3.05) is 16.4 Å². The fourth-order valence-corrected chi connectivity index (χ4v) is 4.29. The minimum Gasteiger partial charge on any atom is -0.330 e. The number of rotatable bonds is 8. The molecule has 5 nitrogen and oxygen atoms in total. The van der Waals surface area contributed by atoms with Gasteiger partial charge >= 0.3 is 0 Å². The highest BCUT2D eigenvalue weighted by molar-refractivity contribution is 8.01. The normalized spacial score (nSPS) is 11.8. The summed E-state index contributed by atoms with van der Waals surface area (Å²) in [4.78, 5) is 12.4. The van der Waals surface area contributed by atoms with Crippen molar-refractivity contribution in [2.24, 2.45) is 0 Å². The minimum atomic E-state index is -0.0376. The van der Waals surface area contributed by atoms with Crippen LogP contribution in [0.3, 0.4) is 0 Å². The van der Waals surface area contributed by atoms with Gasteiger partial charge < -0.3 is 10.6 Å². The van der Waals surface area contributed by atoms with E-state index >= 15 is 0 Å². The topological polar surface area (TPSA) is 66.9 Å². The summed E-state index contributed by atoms with van der Waals surface area (Å²) >= 11 is 2.84. The number of hydrogen-bond acceptors (Lipinski definition) is 6. The summed E-state index contributed by atoms with van der Waals surface area (Å²) in [6, 6.07) is 16.0.